The van der Waals surface area contributed by atoms with E-state index in [1.165, 1.54) is 7.11 Å². The molecular formula is C18H22N2O2. The molecular weight excluding hydrogens is 276 g/mol. The molecule has 0 unspecified atom stereocenters. The molecule has 0 saturated heterocycles. The third-order valence-corrected chi connectivity index (χ3v) is 4.61. The van der Waals surface area contributed by atoms with Crippen molar-refractivity contribution in [3.63, 3.8) is 0 Å². The van der Waals surface area contributed by atoms with Crippen LogP contribution < -0.4 is 0 Å². The lowest BCUT2D eigenvalue weighted by molar-refractivity contribution is -0.146. The second kappa shape index (κ2) is 6.34. The second-order valence-electron chi connectivity index (χ2n) is 6.03. The van der Waals surface area contributed by atoms with Crippen molar-refractivity contribution in [2.45, 2.75) is 31.6 Å². The highest BCUT2D eigenvalue weighted by molar-refractivity contribution is 5.72. The van der Waals surface area contributed by atoms with Gasteiger partial charge in [-0.05, 0) is 25.7 Å². The molecule has 3 rings (SSSR count). The summed E-state index contributed by atoms with van der Waals surface area (Å²) in [5.74, 6) is 1.56. The molecule has 116 valence electrons. The number of hydrogen-bond donors (Lipinski definition) is 0. The van der Waals surface area contributed by atoms with Crippen molar-refractivity contribution >= 4 is 5.97 Å². The average molecular weight is 298 g/mol. The van der Waals surface area contributed by atoms with Crippen LogP contribution in [0.25, 0.3) is 11.3 Å². The largest absolute Gasteiger partial charge is 0.469 e. The van der Waals surface area contributed by atoms with Crippen molar-refractivity contribution in [3.8, 4) is 11.3 Å². The molecule has 0 amide bonds. The molecule has 0 radical (unpaired) electrons. The van der Waals surface area contributed by atoms with Crippen molar-refractivity contribution in [3.05, 3.63) is 42.4 Å². The molecule has 0 bridgehead atoms. The Bertz CT molecular complexity index is 640. The number of benzene rings is 1. The zero-order valence-corrected chi connectivity index (χ0v) is 13.2. The zero-order chi connectivity index (χ0) is 15.5. The van der Waals surface area contributed by atoms with Gasteiger partial charge in [-0.25, -0.2) is 4.98 Å². The number of aryl methyl sites for hydroxylation is 1. The molecule has 1 saturated carbocycles. The Balaban J connectivity index is 1.74. The average Bonchev–Trinajstić information content (AvgIpc) is 2.97. The monoisotopic (exact) mass is 298 g/mol. The first-order chi connectivity index (χ1) is 10.7. The lowest BCUT2D eigenvalue weighted by Crippen LogP contribution is -2.23. The molecule has 1 aromatic carbocycles. The van der Waals surface area contributed by atoms with Gasteiger partial charge in [-0.1, -0.05) is 30.3 Å². The zero-order valence-electron chi connectivity index (χ0n) is 13.2. The van der Waals surface area contributed by atoms with Crippen LogP contribution in [0.4, 0.5) is 0 Å². The highest BCUT2D eigenvalue weighted by Gasteiger charge is 2.29. The van der Waals surface area contributed by atoms with Gasteiger partial charge in [0.2, 0.25) is 0 Å². The van der Waals surface area contributed by atoms with E-state index in [0.717, 1.165) is 42.8 Å². The van der Waals surface area contributed by atoms with Gasteiger partial charge in [0.25, 0.3) is 0 Å². The Labute approximate surface area is 131 Å². The molecule has 1 fully saturated rings. The summed E-state index contributed by atoms with van der Waals surface area (Å²) in [6.45, 7) is 0. The number of methoxy groups -OCH3 is 1. The minimum Gasteiger partial charge on any atom is -0.469 e. The maximum absolute atomic E-state index is 11.6. The van der Waals surface area contributed by atoms with E-state index in [9.17, 15) is 4.79 Å². The van der Waals surface area contributed by atoms with Crippen LogP contribution in [0.2, 0.25) is 0 Å². The number of nitrogens with zero attached hydrogens (tertiary/aromatic N) is 2. The maximum atomic E-state index is 11.6. The number of rotatable bonds is 3. The van der Waals surface area contributed by atoms with Gasteiger partial charge in [0.1, 0.15) is 5.82 Å². The molecule has 4 nitrogen and oxygen atoms in total. The fourth-order valence-corrected chi connectivity index (χ4v) is 3.36. The van der Waals surface area contributed by atoms with Crippen molar-refractivity contribution in [1.82, 2.24) is 9.55 Å². The molecule has 1 aliphatic rings. The van der Waals surface area contributed by atoms with E-state index in [-0.39, 0.29) is 11.9 Å². The van der Waals surface area contributed by atoms with Gasteiger partial charge in [0, 0.05) is 24.7 Å². The summed E-state index contributed by atoms with van der Waals surface area (Å²) in [7, 11) is 3.53. The number of esters is 1. The predicted octanol–water partition coefficient (Wildman–Crippen LogP) is 3.53. The van der Waals surface area contributed by atoms with E-state index in [1.807, 2.05) is 18.2 Å². The highest BCUT2D eigenvalue weighted by atomic mass is 16.5. The minimum absolute atomic E-state index is 0.0649. The fourth-order valence-electron chi connectivity index (χ4n) is 3.36. The molecule has 22 heavy (non-hydrogen) atoms. The summed E-state index contributed by atoms with van der Waals surface area (Å²) in [6, 6.07) is 10.2. The second-order valence-corrected chi connectivity index (χ2v) is 6.03. The van der Waals surface area contributed by atoms with Crippen LogP contribution in [0.1, 0.15) is 37.4 Å². The van der Waals surface area contributed by atoms with Crippen LogP contribution in [0, 0.1) is 5.92 Å². The van der Waals surface area contributed by atoms with Crippen LogP contribution in [0.5, 0.6) is 0 Å². The quantitative estimate of drug-likeness (QED) is 0.814. The van der Waals surface area contributed by atoms with Gasteiger partial charge in [-0.2, -0.15) is 0 Å². The minimum atomic E-state index is -0.0664. The van der Waals surface area contributed by atoms with Gasteiger partial charge in [-0.3, -0.25) is 4.79 Å². The molecule has 0 atom stereocenters. The van der Waals surface area contributed by atoms with Crippen molar-refractivity contribution in [2.75, 3.05) is 7.11 Å². The first kappa shape index (κ1) is 14.8. The first-order valence-electron chi connectivity index (χ1n) is 7.85. The van der Waals surface area contributed by atoms with E-state index < -0.39 is 0 Å². The Morgan fingerprint density at radius 3 is 2.50 bits per heavy atom. The van der Waals surface area contributed by atoms with Crippen molar-refractivity contribution in [1.29, 1.82) is 0 Å². The smallest absolute Gasteiger partial charge is 0.308 e. The molecule has 1 heterocycles. The van der Waals surface area contributed by atoms with Gasteiger partial charge in [0.05, 0.1) is 18.7 Å². The number of carbonyl (C=O) groups is 1. The number of aromatic nitrogens is 2. The standard InChI is InChI=1S/C18H22N2O2/c1-20-12-16(13-6-4-3-5-7-13)19-17(20)14-8-10-15(11-9-14)18(21)22-2/h3-7,12,14-15H,8-11H2,1-2H3/t14-,15-. The third kappa shape index (κ3) is 2.91. The Morgan fingerprint density at radius 1 is 1.18 bits per heavy atom. The summed E-state index contributed by atoms with van der Waals surface area (Å²) >= 11 is 0. The third-order valence-electron chi connectivity index (χ3n) is 4.61. The van der Waals surface area contributed by atoms with Gasteiger partial charge >= 0.3 is 5.97 Å². The number of carbonyl (C=O) groups excluding carboxylic acids is 1. The summed E-state index contributed by atoms with van der Waals surface area (Å²) in [5.41, 5.74) is 2.17. The van der Waals surface area contributed by atoms with E-state index in [1.54, 1.807) is 0 Å². The highest BCUT2D eigenvalue weighted by Crippen LogP contribution is 2.36. The van der Waals surface area contributed by atoms with E-state index in [2.05, 4.69) is 29.9 Å². The Hall–Kier alpha value is -2.10. The summed E-state index contributed by atoms with van der Waals surface area (Å²) in [4.78, 5) is 16.5. The molecule has 1 aromatic heterocycles. The number of ether oxygens (including phenoxy) is 1. The van der Waals surface area contributed by atoms with Crippen molar-refractivity contribution in [2.24, 2.45) is 13.0 Å². The van der Waals surface area contributed by atoms with Gasteiger partial charge < -0.3 is 9.30 Å². The molecule has 4 heteroatoms. The molecule has 1 aliphatic carbocycles. The number of hydrogen-bond acceptors (Lipinski definition) is 3. The van der Waals surface area contributed by atoms with E-state index in [4.69, 9.17) is 9.72 Å². The number of imidazole rings is 1. The summed E-state index contributed by atoms with van der Waals surface area (Å²) in [5, 5.41) is 0. The Kier molecular flexibility index (Phi) is 4.27. The molecule has 2 aromatic rings. The molecule has 0 aliphatic heterocycles. The molecule has 0 N–H and O–H groups in total. The lowest BCUT2D eigenvalue weighted by Gasteiger charge is -2.26. The summed E-state index contributed by atoms with van der Waals surface area (Å²) in [6.07, 6.45) is 5.88. The maximum Gasteiger partial charge on any atom is 0.308 e. The predicted molar refractivity (Wildman–Crippen MR) is 85.4 cm³/mol. The topological polar surface area (TPSA) is 44.1 Å². The van der Waals surface area contributed by atoms with E-state index in [0.29, 0.717) is 5.92 Å². The van der Waals surface area contributed by atoms with Crippen LogP contribution >= 0.6 is 0 Å². The lowest BCUT2D eigenvalue weighted by atomic mass is 9.81. The van der Waals surface area contributed by atoms with Crippen LogP contribution in [0.3, 0.4) is 0 Å². The summed E-state index contributed by atoms with van der Waals surface area (Å²) < 4.78 is 6.99. The van der Waals surface area contributed by atoms with Crippen LogP contribution in [-0.4, -0.2) is 22.6 Å². The Morgan fingerprint density at radius 2 is 1.86 bits per heavy atom. The van der Waals surface area contributed by atoms with Crippen LogP contribution in [-0.2, 0) is 16.6 Å². The SMILES string of the molecule is COC(=O)[C@H]1CC[C@H](c2nc(-c3ccccc3)cn2C)CC1. The normalized spacial score (nSPS) is 21.5. The van der Waals surface area contributed by atoms with Gasteiger partial charge in [-0.15, -0.1) is 0 Å². The fraction of sp³-hybridized carbons (Fsp3) is 0.444. The first-order valence-corrected chi connectivity index (χ1v) is 7.85. The van der Waals surface area contributed by atoms with Gasteiger partial charge in [0.15, 0.2) is 0 Å². The van der Waals surface area contributed by atoms with Crippen molar-refractivity contribution < 1.29 is 9.53 Å². The van der Waals surface area contributed by atoms with E-state index >= 15 is 0 Å². The van der Waals surface area contributed by atoms with Crippen LogP contribution in [0.15, 0.2) is 36.5 Å². The molecule has 0 spiro atoms.